The van der Waals surface area contributed by atoms with E-state index in [1.165, 1.54) is 5.39 Å². The van der Waals surface area contributed by atoms with Crippen LogP contribution in [0.4, 0.5) is 0 Å². The van der Waals surface area contributed by atoms with Crippen LogP contribution in [-0.2, 0) is 0 Å². The molecule has 2 rings (SSSR count). The summed E-state index contributed by atoms with van der Waals surface area (Å²) in [5.41, 5.74) is 1.15. The second-order valence-corrected chi connectivity index (χ2v) is 3.39. The van der Waals surface area contributed by atoms with Gasteiger partial charge in [-0.2, -0.15) is 0 Å². The van der Waals surface area contributed by atoms with Crippen LogP contribution in [-0.4, -0.2) is 11.1 Å². The molecule has 0 aliphatic rings. The first-order valence-electron chi connectivity index (χ1n) is 4.49. The highest BCUT2D eigenvalue weighted by atomic mass is 16.5. The van der Waals surface area contributed by atoms with E-state index >= 15 is 0 Å². The number of benzene rings is 1. The molecule has 0 amide bonds. The van der Waals surface area contributed by atoms with E-state index in [1.807, 2.05) is 44.3 Å². The van der Waals surface area contributed by atoms with Crippen molar-refractivity contribution in [2.45, 2.75) is 20.0 Å². The molecule has 1 aromatic carbocycles. The van der Waals surface area contributed by atoms with Gasteiger partial charge >= 0.3 is 0 Å². The molecule has 2 heteroatoms. The molecule has 0 radical (unpaired) electrons. The summed E-state index contributed by atoms with van der Waals surface area (Å²) in [5.74, 6) is 0.933. The number of aromatic amines is 1. The molecular weight excluding hydrogens is 162 g/mol. The molecule has 68 valence electrons. The maximum absolute atomic E-state index is 5.58. The van der Waals surface area contributed by atoms with E-state index in [4.69, 9.17) is 4.74 Å². The number of aromatic nitrogens is 1. The number of ether oxygens (including phenoxy) is 1. The van der Waals surface area contributed by atoms with Crippen LogP contribution in [0.5, 0.6) is 5.75 Å². The average molecular weight is 175 g/mol. The largest absolute Gasteiger partial charge is 0.491 e. The van der Waals surface area contributed by atoms with Gasteiger partial charge in [0.25, 0.3) is 0 Å². The summed E-state index contributed by atoms with van der Waals surface area (Å²) in [7, 11) is 0. The molecule has 1 aromatic heterocycles. The lowest BCUT2D eigenvalue weighted by atomic mass is 10.2. The van der Waals surface area contributed by atoms with Crippen molar-refractivity contribution in [3.8, 4) is 5.75 Å². The van der Waals surface area contributed by atoms with Crippen LogP contribution < -0.4 is 4.74 Å². The Kier molecular flexibility index (Phi) is 1.97. The fraction of sp³-hybridized carbons (Fsp3) is 0.273. The zero-order chi connectivity index (χ0) is 9.26. The number of hydrogen-bond donors (Lipinski definition) is 1. The van der Waals surface area contributed by atoms with Gasteiger partial charge < -0.3 is 9.72 Å². The fourth-order valence-electron chi connectivity index (χ4n) is 1.38. The highest BCUT2D eigenvalue weighted by Crippen LogP contribution is 2.20. The highest BCUT2D eigenvalue weighted by molar-refractivity contribution is 5.80. The zero-order valence-electron chi connectivity index (χ0n) is 7.87. The van der Waals surface area contributed by atoms with Gasteiger partial charge in [-0.25, -0.2) is 0 Å². The molecule has 0 spiro atoms. The molecule has 2 nitrogen and oxygen atoms in total. The summed E-state index contributed by atoms with van der Waals surface area (Å²) >= 11 is 0. The first-order valence-corrected chi connectivity index (χ1v) is 4.49. The second kappa shape index (κ2) is 3.13. The summed E-state index contributed by atoms with van der Waals surface area (Å²) < 4.78 is 5.58. The van der Waals surface area contributed by atoms with Gasteiger partial charge in [0, 0.05) is 17.1 Å². The standard InChI is InChI=1S/C11H13NO/c1-8(2)13-10-3-4-11-9(7-10)5-6-12-11/h3-8,12H,1-2H3. The van der Waals surface area contributed by atoms with Crippen molar-refractivity contribution < 1.29 is 4.74 Å². The minimum atomic E-state index is 0.233. The van der Waals surface area contributed by atoms with Crippen molar-refractivity contribution in [1.82, 2.24) is 4.98 Å². The molecule has 0 fully saturated rings. The summed E-state index contributed by atoms with van der Waals surface area (Å²) in [5, 5.41) is 1.19. The predicted octanol–water partition coefficient (Wildman–Crippen LogP) is 2.96. The van der Waals surface area contributed by atoms with Crippen LogP contribution in [0.3, 0.4) is 0 Å². The average Bonchev–Trinajstić information content (AvgIpc) is 2.49. The first-order chi connectivity index (χ1) is 6.25. The van der Waals surface area contributed by atoms with Crippen molar-refractivity contribution in [2.24, 2.45) is 0 Å². The monoisotopic (exact) mass is 175 g/mol. The molecule has 0 bridgehead atoms. The van der Waals surface area contributed by atoms with Gasteiger partial charge in [0.15, 0.2) is 0 Å². The number of fused-ring (bicyclic) bond motifs is 1. The number of hydrogen-bond acceptors (Lipinski definition) is 1. The molecule has 1 heterocycles. The summed E-state index contributed by atoms with van der Waals surface area (Å²) in [6.45, 7) is 4.06. The summed E-state index contributed by atoms with van der Waals surface area (Å²) in [6.07, 6.45) is 2.17. The van der Waals surface area contributed by atoms with E-state index in [0.29, 0.717) is 0 Å². The van der Waals surface area contributed by atoms with E-state index in [2.05, 4.69) is 4.98 Å². The van der Waals surface area contributed by atoms with Crippen molar-refractivity contribution in [2.75, 3.05) is 0 Å². The minimum absolute atomic E-state index is 0.233. The molecule has 0 saturated carbocycles. The molecule has 0 aliphatic carbocycles. The number of nitrogens with one attached hydrogen (secondary N) is 1. The van der Waals surface area contributed by atoms with Crippen LogP contribution in [0, 0.1) is 0 Å². The SMILES string of the molecule is CC(C)Oc1ccc2[nH]ccc2c1. The normalized spacial score (nSPS) is 11.0. The Morgan fingerprint density at radius 1 is 1.23 bits per heavy atom. The van der Waals surface area contributed by atoms with Crippen molar-refractivity contribution in [3.05, 3.63) is 30.5 Å². The fourth-order valence-corrected chi connectivity index (χ4v) is 1.38. The van der Waals surface area contributed by atoms with Crippen LogP contribution in [0.25, 0.3) is 10.9 Å². The zero-order valence-corrected chi connectivity index (χ0v) is 7.87. The van der Waals surface area contributed by atoms with Crippen LogP contribution in [0.1, 0.15) is 13.8 Å². The van der Waals surface area contributed by atoms with Crippen LogP contribution in [0.15, 0.2) is 30.5 Å². The van der Waals surface area contributed by atoms with E-state index < -0.39 is 0 Å². The number of H-pyrrole nitrogens is 1. The molecule has 0 atom stereocenters. The molecule has 0 saturated heterocycles. The highest BCUT2D eigenvalue weighted by Gasteiger charge is 1.99. The third kappa shape index (κ3) is 1.66. The van der Waals surface area contributed by atoms with Crippen molar-refractivity contribution in [1.29, 1.82) is 0 Å². The molecule has 13 heavy (non-hydrogen) atoms. The van der Waals surface area contributed by atoms with Gasteiger partial charge in [-0.1, -0.05) is 0 Å². The van der Waals surface area contributed by atoms with E-state index in [0.717, 1.165) is 11.3 Å². The molecule has 0 aliphatic heterocycles. The second-order valence-electron chi connectivity index (χ2n) is 3.39. The Balaban J connectivity index is 2.37. The Morgan fingerprint density at radius 2 is 2.08 bits per heavy atom. The smallest absolute Gasteiger partial charge is 0.120 e. The predicted molar refractivity (Wildman–Crippen MR) is 54.1 cm³/mol. The summed E-state index contributed by atoms with van der Waals surface area (Å²) in [4.78, 5) is 3.14. The Morgan fingerprint density at radius 3 is 2.85 bits per heavy atom. The van der Waals surface area contributed by atoms with Crippen LogP contribution >= 0.6 is 0 Å². The van der Waals surface area contributed by atoms with Gasteiger partial charge in [-0.3, -0.25) is 0 Å². The lowest BCUT2D eigenvalue weighted by Gasteiger charge is -2.08. The Labute approximate surface area is 77.5 Å². The molecular formula is C11H13NO. The molecule has 2 aromatic rings. The third-order valence-corrected chi connectivity index (χ3v) is 1.90. The van der Waals surface area contributed by atoms with Crippen LogP contribution in [0.2, 0.25) is 0 Å². The number of rotatable bonds is 2. The molecule has 0 unspecified atom stereocenters. The topological polar surface area (TPSA) is 25.0 Å². The third-order valence-electron chi connectivity index (χ3n) is 1.90. The van der Waals surface area contributed by atoms with Gasteiger partial charge in [0.1, 0.15) is 5.75 Å². The van der Waals surface area contributed by atoms with Gasteiger partial charge in [0.05, 0.1) is 6.10 Å². The Hall–Kier alpha value is -1.44. The van der Waals surface area contributed by atoms with Gasteiger partial charge in [-0.05, 0) is 38.1 Å². The Bertz CT molecular complexity index is 403. The lowest BCUT2D eigenvalue weighted by Crippen LogP contribution is -2.04. The summed E-state index contributed by atoms with van der Waals surface area (Å²) in [6, 6.07) is 8.11. The van der Waals surface area contributed by atoms with E-state index in [9.17, 15) is 0 Å². The maximum Gasteiger partial charge on any atom is 0.120 e. The van der Waals surface area contributed by atoms with Gasteiger partial charge in [-0.15, -0.1) is 0 Å². The van der Waals surface area contributed by atoms with E-state index in [1.54, 1.807) is 0 Å². The first kappa shape index (κ1) is 8.17. The quantitative estimate of drug-likeness (QED) is 0.745. The minimum Gasteiger partial charge on any atom is -0.491 e. The van der Waals surface area contributed by atoms with E-state index in [-0.39, 0.29) is 6.10 Å². The molecule has 1 N–H and O–H groups in total. The van der Waals surface area contributed by atoms with Gasteiger partial charge in [0.2, 0.25) is 0 Å². The van der Waals surface area contributed by atoms with Crippen molar-refractivity contribution >= 4 is 10.9 Å². The lowest BCUT2D eigenvalue weighted by molar-refractivity contribution is 0.243. The van der Waals surface area contributed by atoms with Crippen molar-refractivity contribution in [3.63, 3.8) is 0 Å². The maximum atomic E-state index is 5.58.